The van der Waals surface area contributed by atoms with Gasteiger partial charge in [0.2, 0.25) is 0 Å². The summed E-state index contributed by atoms with van der Waals surface area (Å²) in [6.45, 7) is 2.99. The third-order valence-corrected chi connectivity index (χ3v) is 4.64. The molecule has 32 heavy (non-hydrogen) atoms. The molecule has 0 spiro atoms. The number of halogens is 2. The lowest BCUT2D eigenvalue weighted by molar-refractivity contribution is -0.383. The van der Waals surface area contributed by atoms with E-state index in [1.54, 1.807) is 0 Å². The van der Waals surface area contributed by atoms with Crippen LogP contribution in [0, 0.1) is 34.1 Å². The van der Waals surface area contributed by atoms with Crippen molar-refractivity contribution >= 4 is 60.7 Å². The third kappa shape index (κ3) is 4.63. The Bertz CT molecular complexity index is 1410. The van der Waals surface area contributed by atoms with Crippen LogP contribution in [-0.2, 0) is 0 Å². The predicted molar refractivity (Wildman–Crippen MR) is 116 cm³/mol. The fraction of sp³-hybridized carbons (Fsp3) is 0.111. The molecule has 14 heteroatoms. The average molecular weight is 526 g/mol. The van der Waals surface area contributed by atoms with E-state index in [-0.39, 0.29) is 44.3 Å². The number of rotatable bonds is 2. The summed E-state index contributed by atoms with van der Waals surface area (Å²) in [4.78, 5) is 51.0. The summed E-state index contributed by atoms with van der Waals surface area (Å²) in [6, 6.07) is 5.26. The van der Waals surface area contributed by atoms with Crippen LogP contribution in [0.2, 0.25) is 5.02 Å². The van der Waals surface area contributed by atoms with E-state index in [0.29, 0.717) is 4.47 Å². The zero-order chi connectivity index (χ0) is 23.7. The minimum Gasteiger partial charge on any atom is -0.408 e. The number of aryl methyl sites for hydroxylation is 2. The Labute approximate surface area is 189 Å². The van der Waals surface area contributed by atoms with Gasteiger partial charge in [0.1, 0.15) is 0 Å². The second kappa shape index (κ2) is 8.80. The molecular weight excluding hydrogens is 516 g/mol. The molecule has 0 atom stereocenters. The molecule has 164 valence electrons. The van der Waals surface area contributed by atoms with Crippen LogP contribution < -0.4 is 11.3 Å². The predicted octanol–water partition coefficient (Wildman–Crippen LogP) is 4.23. The van der Waals surface area contributed by atoms with Crippen molar-refractivity contribution in [3.63, 3.8) is 0 Å². The lowest BCUT2D eigenvalue weighted by Gasteiger charge is -1.99. The second-order valence-corrected chi connectivity index (χ2v) is 7.55. The minimum absolute atomic E-state index is 0.112. The minimum atomic E-state index is -0.786. The highest BCUT2D eigenvalue weighted by atomic mass is 79.9. The molecule has 0 saturated carbocycles. The first-order valence-electron chi connectivity index (χ1n) is 8.48. The lowest BCUT2D eigenvalue weighted by atomic mass is 10.2. The quantitative estimate of drug-likeness (QED) is 0.272. The Balaban J connectivity index is 0.000000181. The van der Waals surface area contributed by atoms with Crippen molar-refractivity contribution in [3.05, 3.63) is 86.6 Å². The van der Waals surface area contributed by atoms with Crippen molar-refractivity contribution in [3.8, 4) is 0 Å². The number of nitrogens with zero attached hydrogens (tertiary/aromatic N) is 4. The van der Waals surface area contributed by atoms with Crippen molar-refractivity contribution in [2.75, 3.05) is 0 Å². The van der Waals surface area contributed by atoms with Crippen molar-refractivity contribution in [2.24, 2.45) is 0 Å². The van der Waals surface area contributed by atoms with Crippen molar-refractivity contribution < 1.29 is 18.7 Å². The number of aromatic nitrogens is 2. The van der Waals surface area contributed by atoms with Gasteiger partial charge in [-0.15, -0.1) is 0 Å². The van der Waals surface area contributed by atoms with E-state index < -0.39 is 26.8 Å². The molecular formula is C18H10BrClN4O8. The highest BCUT2D eigenvalue weighted by Gasteiger charge is 2.20. The molecule has 2 aromatic heterocycles. The number of nitro groups is 2. The van der Waals surface area contributed by atoms with E-state index in [0.717, 1.165) is 6.07 Å². The smallest absolute Gasteiger partial charge is 0.353 e. The molecule has 0 radical (unpaired) electrons. The van der Waals surface area contributed by atoms with Gasteiger partial charge >= 0.3 is 11.3 Å². The monoisotopic (exact) mass is 524 g/mol. The first-order chi connectivity index (χ1) is 15.0. The van der Waals surface area contributed by atoms with Gasteiger partial charge in [-0.25, -0.2) is 19.6 Å². The Hall–Kier alpha value is -3.71. The zero-order valence-corrected chi connectivity index (χ0v) is 18.5. The molecule has 0 amide bonds. The Kier molecular flexibility index (Phi) is 6.32. The van der Waals surface area contributed by atoms with E-state index in [9.17, 15) is 29.8 Å². The van der Waals surface area contributed by atoms with Crippen molar-refractivity contribution in [1.29, 1.82) is 0 Å². The molecule has 2 aromatic carbocycles. The van der Waals surface area contributed by atoms with E-state index in [4.69, 9.17) is 20.4 Å². The topological polar surface area (TPSA) is 172 Å². The van der Waals surface area contributed by atoms with Gasteiger partial charge in [-0.2, -0.15) is 0 Å². The molecule has 0 bridgehead atoms. The summed E-state index contributed by atoms with van der Waals surface area (Å²) in [5.74, 6) is 0.305. The molecule has 4 rings (SSSR count). The van der Waals surface area contributed by atoms with Gasteiger partial charge in [0.15, 0.2) is 22.6 Å². The van der Waals surface area contributed by atoms with Crippen LogP contribution in [0.4, 0.5) is 11.4 Å². The highest BCUT2D eigenvalue weighted by Crippen LogP contribution is 2.27. The summed E-state index contributed by atoms with van der Waals surface area (Å²) in [6.07, 6.45) is 0. The number of nitro benzene ring substituents is 2. The van der Waals surface area contributed by atoms with Gasteiger partial charge in [-0.05, 0) is 12.1 Å². The van der Waals surface area contributed by atoms with E-state index in [1.807, 2.05) is 0 Å². The summed E-state index contributed by atoms with van der Waals surface area (Å²) in [5.41, 5.74) is -1.84. The third-order valence-electron chi connectivity index (χ3n) is 3.96. The number of hydrogen-bond donors (Lipinski definition) is 0. The van der Waals surface area contributed by atoms with Crippen LogP contribution in [0.15, 0.2) is 47.2 Å². The van der Waals surface area contributed by atoms with Gasteiger partial charge in [-0.1, -0.05) is 27.5 Å². The molecule has 4 aromatic rings. The number of benzene rings is 2. The zero-order valence-electron chi connectivity index (χ0n) is 16.1. The molecule has 0 aliphatic rings. The standard InChI is InChI=1S/C9H5BrN2O4.C9H5ClN2O4/c2*1-4-11-6-2-5(10)3-7(12(14)15)8(6)9(13)16-4/h2*2-3H,1H3. The maximum absolute atomic E-state index is 11.5. The summed E-state index contributed by atoms with van der Waals surface area (Å²) in [7, 11) is 0. The molecule has 0 aliphatic carbocycles. The lowest BCUT2D eigenvalue weighted by Crippen LogP contribution is -2.06. The summed E-state index contributed by atoms with van der Waals surface area (Å²) >= 11 is 8.82. The normalized spacial score (nSPS) is 10.6. The van der Waals surface area contributed by atoms with Crippen LogP contribution in [0.3, 0.4) is 0 Å². The van der Waals surface area contributed by atoms with E-state index in [2.05, 4.69) is 25.9 Å². The number of non-ortho nitro benzene ring substituents is 2. The maximum Gasteiger partial charge on any atom is 0.353 e. The highest BCUT2D eigenvalue weighted by molar-refractivity contribution is 9.10. The fourth-order valence-electron chi connectivity index (χ4n) is 2.79. The van der Waals surface area contributed by atoms with Crippen LogP contribution in [-0.4, -0.2) is 19.8 Å². The summed E-state index contributed by atoms with van der Waals surface area (Å²) < 4.78 is 9.93. The molecule has 0 N–H and O–H groups in total. The van der Waals surface area contributed by atoms with Gasteiger partial charge in [0, 0.05) is 35.5 Å². The number of fused-ring (bicyclic) bond motifs is 2. The SMILES string of the molecule is Cc1nc2cc(Br)cc([N+](=O)[O-])c2c(=O)o1.Cc1nc2cc(Cl)cc([N+](=O)[O-])c2c(=O)o1. The first-order valence-corrected chi connectivity index (χ1v) is 9.66. The van der Waals surface area contributed by atoms with Crippen LogP contribution in [0.25, 0.3) is 21.8 Å². The van der Waals surface area contributed by atoms with Crippen LogP contribution in [0.1, 0.15) is 11.8 Å². The molecule has 0 saturated heterocycles. The Morgan fingerprint density at radius 3 is 1.75 bits per heavy atom. The summed E-state index contributed by atoms with van der Waals surface area (Å²) in [5, 5.41) is 21.4. The van der Waals surface area contributed by atoms with Gasteiger partial charge < -0.3 is 8.83 Å². The molecule has 2 heterocycles. The van der Waals surface area contributed by atoms with E-state index >= 15 is 0 Å². The van der Waals surface area contributed by atoms with Gasteiger partial charge in [-0.3, -0.25) is 20.2 Å². The van der Waals surface area contributed by atoms with Gasteiger partial charge in [0.05, 0.1) is 20.9 Å². The fourth-order valence-corrected chi connectivity index (χ4v) is 3.44. The van der Waals surface area contributed by atoms with Crippen LogP contribution >= 0.6 is 27.5 Å². The molecule has 12 nitrogen and oxygen atoms in total. The first kappa shape index (κ1) is 23.0. The average Bonchev–Trinajstić information content (AvgIpc) is 2.65. The molecule has 0 unspecified atom stereocenters. The van der Waals surface area contributed by atoms with Crippen LogP contribution in [0.5, 0.6) is 0 Å². The van der Waals surface area contributed by atoms with Crippen molar-refractivity contribution in [2.45, 2.75) is 13.8 Å². The van der Waals surface area contributed by atoms with Gasteiger partial charge in [0.25, 0.3) is 11.4 Å². The maximum atomic E-state index is 11.5. The Morgan fingerprint density at radius 2 is 1.28 bits per heavy atom. The number of hydrogen-bond acceptors (Lipinski definition) is 10. The Morgan fingerprint density at radius 1 is 0.844 bits per heavy atom. The molecule has 0 aliphatic heterocycles. The van der Waals surface area contributed by atoms with Crippen molar-refractivity contribution in [1.82, 2.24) is 9.97 Å². The largest absolute Gasteiger partial charge is 0.408 e. The molecule has 0 fully saturated rings. The van der Waals surface area contributed by atoms with E-state index in [1.165, 1.54) is 32.0 Å². The second-order valence-electron chi connectivity index (χ2n) is 6.19.